The molecule has 3 N–H and O–H groups in total. The van der Waals surface area contributed by atoms with Crippen LogP contribution in [0, 0.1) is 0 Å². The van der Waals surface area contributed by atoms with Gasteiger partial charge in [-0.05, 0) is 24.3 Å². The number of carbonyl (C=O) groups is 2. The van der Waals surface area contributed by atoms with Gasteiger partial charge in [0.25, 0.3) is 5.91 Å². The third-order valence-electron chi connectivity index (χ3n) is 3.80. The van der Waals surface area contributed by atoms with Crippen molar-refractivity contribution in [1.29, 1.82) is 0 Å². The van der Waals surface area contributed by atoms with E-state index < -0.39 is 5.91 Å². The lowest BCUT2D eigenvalue weighted by Crippen LogP contribution is -2.27. The summed E-state index contributed by atoms with van der Waals surface area (Å²) in [7, 11) is 0. The second-order valence-corrected chi connectivity index (χ2v) is 5.96. The monoisotopic (exact) mass is 356 g/mol. The summed E-state index contributed by atoms with van der Waals surface area (Å²) < 4.78 is 1.78. The van der Waals surface area contributed by atoms with Crippen molar-refractivity contribution in [3.05, 3.63) is 64.9 Å². The molecule has 0 fully saturated rings. The summed E-state index contributed by atoms with van der Waals surface area (Å²) in [5, 5.41) is 3.22. The third-order valence-corrected chi connectivity index (χ3v) is 4.13. The maximum absolute atomic E-state index is 12.2. The predicted molar refractivity (Wildman–Crippen MR) is 96.4 cm³/mol. The van der Waals surface area contributed by atoms with Crippen LogP contribution in [0.5, 0.6) is 0 Å². The fraction of sp³-hybridized carbons (Fsp3) is 0.167. The molecule has 1 aromatic heterocycles. The normalized spacial score (nSPS) is 10.8. The Kier molecular flexibility index (Phi) is 5.00. The van der Waals surface area contributed by atoms with Crippen LogP contribution in [0.4, 0.5) is 0 Å². The van der Waals surface area contributed by atoms with Crippen LogP contribution in [0.2, 0.25) is 5.02 Å². The lowest BCUT2D eigenvalue weighted by atomic mass is 10.2. The Morgan fingerprint density at radius 3 is 2.60 bits per heavy atom. The van der Waals surface area contributed by atoms with E-state index in [1.54, 1.807) is 28.8 Å². The molecule has 0 aliphatic rings. The number of nitrogens with one attached hydrogen (secondary N) is 1. The number of benzene rings is 2. The molecule has 2 amide bonds. The highest BCUT2D eigenvalue weighted by Crippen LogP contribution is 2.17. The van der Waals surface area contributed by atoms with Crippen molar-refractivity contribution in [3.8, 4) is 0 Å². The van der Waals surface area contributed by atoms with Crippen LogP contribution in [-0.4, -0.2) is 27.9 Å². The van der Waals surface area contributed by atoms with Gasteiger partial charge in [0.2, 0.25) is 5.91 Å². The highest BCUT2D eigenvalue weighted by atomic mass is 35.5. The van der Waals surface area contributed by atoms with E-state index in [2.05, 4.69) is 10.3 Å². The highest BCUT2D eigenvalue weighted by molar-refractivity contribution is 6.33. The van der Waals surface area contributed by atoms with Gasteiger partial charge in [-0.3, -0.25) is 9.59 Å². The molecule has 0 bridgehead atoms. The number of aromatic nitrogens is 2. The summed E-state index contributed by atoms with van der Waals surface area (Å²) in [6.07, 6.45) is 0.470. The molecule has 0 spiro atoms. The van der Waals surface area contributed by atoms with Gasteiger partial charge in [0.1, 0.15) is 12.4 Å². The maximum atomic E-state index is 12.2. The van der Waals surface area contributed by atoms with Gasteiger partial charge in [-0.25, -0.2) is 4.98 Å². The molecule has 0 atom stereocenters. The number of hydrogen-bond acceptors (Lipinski definition) is 3. The lowest BCUT2D eigenvalue weighted by Gasteiger charge is -2.09. The zero-order valence-electron chi connectivity index (χ0n) is 13.4. The van der Waals surface area contributed by atoms with Gasteiger partial charge in [0.05, 0.1) is 21.6 Å². The SMILES string of the molecule is NC(=O)Cn1c(CCNC(=O)c2ccccc2Cl)nc2ccccc21. The van der Waals surface area contributed by atoms with Gasteiger partial charge in [0, 0.05) is 13.0 Å². The summed E-state index contributed by atoms with van der Waals surface area (Å²) in [6, 6.07) is 14.4. The number of primary amides is 1. The quantitative estimate of drug-likeness (QED) is 0.709. The molecule has 3 rings (SSSR count). The number of fused-ring (bicyclic) bond motifs is 1. The maximum Gasteiger partial charge on any atom is 0.252 e. The van der Waals surface area contributed by atoms with Crippen molar-refractivity contribution >= 4 is 34.4 Å². The minimum Gasteiger partial charge on any atom is -0.368 e. The van der Waals surface area contributed by atoms with E-state index in [1.807, 2.05) is 24.3 Å². The molecule has 1 heterocycles. The first kappa shape index (κ1) is 17.0. The number of para-hydroxylation sites is 2. The molecule has 128 valence electrons. The Hall–Kier alpha value is -2.86. The number of imidazole rings is 1. The van der Waals surface area contributed by atoms with E-state index in [4.69, 9.17) is 17.3 Å². The first-order valence-corrected chi connectivity index (χ1v) is 8.19. The van der Waals surface area contributed by atoms with E-state index in [9.17, 15) is 9.59 Å². The van der Waals surface area contributed by atoms with Crippen LogP contribution in [-0.2, 0) is 17.8 Å². The van der Waals surface area contributed by atoms with Gasteiger partial charge in [-0.1, -0.05) is 35.9 Å². The lowest BCUT2D eigenvalue weighted by molar-refractivity contribution is -0.118. The molecule has 0 saturated carbocycles. The summed E-state index contributed by atoms with van der Waals surface area (Å²) in [5.74, 6) is 0.00660. The van der Waals surface area contributed by atoms with E-state index in [1.165, 1.54) is 0 Å². The van der Waals surface area contributed by atoms with Crippen molar-refractivity contribution < 1.29 is 9.59 Å². The molecule has 0 aliphatic heterocycles. The molecular formula is C18H17ClN4O2. The van der Waals surface area contributed by atoms with Crippen LogP contribution in [0.3, 0.4) is 0 Å². The average Bonchev–Trinajstić information content (AvgIpc) is 2.92. The number of rotatable bonds is 6. The average molecular weight is 357 g/mol. The Morgan fingerprint density at radius 1 is 1.12 bits per heavy atom. The fourth-order valence-electron chi connectivity index (χ4n) is 2.68. The van der Waals surface area contributed by atoms with Crippen molar-refractivity contribution in [2.75, 3.05) is 6.54 Å². The zero-order chi connectivity index (χ0) is 17.8. The summed E-state index contributed by atoms with van der Waals surface area (Å²) >= 11 is 6.02. The topological polar surface area (TPSA) is 90.0 Å². The molecule has 0 unspecified atom stereocenters. The predicted octanol–water partition coefficient (Wildman–Crippen LogP) is 2.15. The van der Waals surface area contributed by atoms with Crippen molar-refractivity contribution in [2.45, 2.75) is 13.0 Å². The van der Waals surface area contributed by atoms with Crippen LogP contribution in [0.25, 0.3) is 11.0 Å². The van der Waals surface area contributed by atoms with Gasteiger partial charge in [-0.2, -0.15) is 0 Å². The minimum absolute atomic E-state index is 0.0499. The first-order chi connectivity index (χ1) is 12.1. The summed E-state index contributed by atoms with van der Waals surface area (Å²) in [5.41, 5.74) is 7.40. The Balaban J connectivity index is 1.74. The molecule has 7 heteroatoms. The Labute approximate surface area is 149 Å². The van der Waals surface area contributed by atoms with Crippen molar-refractivity contribution in [2.24, 2.45) is 5.73 Å². The fourth-order valence-corrected chi connectivity index (χ4v) is 2.90. The second-order valence-electron chi connectivity index (χ2n) is 5.55. The molecule has 0 saturated heterocycles. The van der Waals surface area contributed by atoms with Crippen LogP contribution in [0.15, 0.2) is 48.5 Å². The smallest absolute Gasteiger partial charge is 0.252 e. The number of halogens is 1. The second kappa shape index (κ2) is 7.36. The molecule has 6 nitrogen and oxygen atoms in total. The number of amides is 2. The number of hydrogen-bond donors (Lipinski definition) is 2. The summed E-state index contributed by atoms with van der Waals surface area (Å²) in [4.78, 5) is 28.1. The first-order valence-electron chi connectivity index (χ1n) is 7.81. The van der Waals surface area contributed by atoms with Gasteiger partial charge in [-0.15, -0.1) is 0 Å². The standard InChI is InChI=1S/C18H17ClN4O2/c19-13-6-2-1-5-12(13)18(25)21-10-9-17-22-14-7-3-4-8-15(14)23(17)11-16(20)24/h1-8H,9-11H2,(H2,20,24)(H,21,25). The molecule has 0 aliphatic carbocycles. The van der Waals surface area contributed by atoms with Gasteiger partial charge >= 0.3 is 0 Å². The largest absolute Gasteiger partial charge is 0.368 e. The van der Waals surface area contributed by atoms with E-state index in [-0.39, 0.29) is 12.5 Å². The van der Waals surface area contributed by atoms with Crippen LogP contribution < -0.4 is 11.1 Å². The minimum atomic E-state index is -0.440. The highest BCUT2D eigenvalue weighted by Gasteiger charge is 2.13. The molecule has 25 heavy (non-hydrogen) atoms. The Bertz CT molecular complexity index is 936. The van der Waals surface area contributed by atoms with Crippen molar-refractivity contribution in [1.82, 2.24) is 14.9 Å². The van der Waals surface area contributed by atoms with Crippen LogP contribution in [0.1, 0.15) is 16.2 Å². The van der Waals surface area contributed by atoms with Gasteiger partial charge < -0.3 is 15.6 Å². The number of carbonyl (C=O) groups excluding carboxylic acids is 2. The van der Waals surface area contributed by atoms with Gasteiger partial charge in [0.15, 0.2) is 0 Å². The third kappa shape index (κ3) is 3.80. The van der Waals surface area contributed by atoms with E-state index in [0.29, 0.717) is 29.4 Å². The molecule has 3 aromatic rings. The van der Waals surface area contributed by atoms with E-state index in [0.717, 1.165) is 11.0 Å². The van der Waals surface area contributed by atoms with Crippen LogP contribution >= 0.6 is 11.6 Å². The zero-order valence-corrected chi connectivity index (χ0v) is 14.2. The Morgan fingerprint density at radius 2 is 1.84 bits per heavy atom. The summed E-state index contributed by atoms with van der Waals surface area (Å²) in [6.45, 7) is 0.417. The van der Waals surface area contributed by atoms with Crippen molar-refractivity contribution in [3.63, 3.8) is 0 Å². The number of nitrogens with two attached hydrogens (primary N) is 1. The molecule has 0 radical (unpaired) electrons. The molecular weight excluding hydrogens is 340 g/mol. The van der Waals surface area contributed by atoms with E-state index >= 15 is 0 Å². The molecule has 2 aromatic carbocycles. The number of nitrogens with zero attached hydrogens (tertiary/aromatic N) is 2.